The highest BCUT2D eigenvalue weighted by molar-refractivity contribution is 5.89. The van der Waals surface area contributed by atoms with Crippen LogP contribution in [0.1, 0.15) is 0 Å². The molecule has 5 nitrogen and oxygen atoms in total. The normalized spacial score (nSPS) is 25.9. The van der Waals surface area contributed by atoms with Crippen molar-refractivity contribution in [2.45, 2.75) is 6.04 Å². The number of hydrogen-bond acceptors (Lipinski definition) is 3. The molecule has 1 aromatic carbocycles. The van der Waals surface area contributed by atoms with E-state index in [-0.39, 0.29) is 12.1 Å². The molecule has 1 fully saturated rings. The van der Waals surface area contributed by atoms with Gasteiger partial charge in [-0.2, -0.15) is 5.01 Å². The summed E-state index contributed by atoms with van der Waals surface area (Å²) in [6.45, 7) is 1.72. The van der Waals surface area contributed by atoms with E-state index in [9.17, 15) is 4.79 Å². The van der Waals surface area contributed by atoms with Crippen molar-refractivity contribution in [3.63, 3.8) is 0 Å². The summed E-state index contributed by atoms with van der Waals surface area (Å²) in [7, 11) is 0. The number of amides is 2. The number of nitrogens with zero attached hydrogens (tertiary/aromatic N) is 2. The highest BCUT2D eigenvalue weighted by Gasteiger charge is 2.33. The number of hydrazine groups is 1. The predicted molar refractivity (Wildman–Crippen MR) is 67.8 cm³/mol. The molecule has 0 spiro atoms. The molecule has 2 atom stereocenters. The fourth-order valence-corrected chi connectivity index (χ4v) is 2.22. The molecule has 3 rings (SSSR count). The molecule has 2 aliphatic heterocycles. The van der Waals surface area contributed by atoms with Crippen LogP contribution in [-0.4, -0.2) is 42.0 Å². The first-order valence-electron chi connectivity index (χ1n) is 5.99. The molecule has 94 valence electrons. The van der Waals surface area contributed by atoms with Gasteiger partial charge in [-0.15, -0.1) is 0 Å². The van der Waals surface area contributed by atoms with Crippen molar-refractivity contribution < 1.29 is 9.53 Å². The summed E-state index contributed by atoms with van der Waals surface area (Å²) in [6, 6.07) is 9.35. The minimum absolute atomic E-state index is 0.00351. The zero-order chi connectivity index (χ0) is 12.4. The smallest absolute Gasteiger partial charge is 0.337 e. The third kappa shape index (κ3) is 2.10. The van der Waals surface area contributed by atoms with E-state index < -0.39 is 0 Å². The lowest BCUT2D eigenvalue weighted by Gasteiger charge is -2.44. The summed E-state index contributed by atoms with van der Waals surface area (Å²) in [5, 5.41) is 6.52. The Morgan fingerprint density at radius 2 is 2.17 bits per heavy atom. The number of ether oxygens (including phenoxy) is 1. The van der Waals surface area contributed by atoms with Crippen LogP contribution in [0.5, 0.6) is 0 Å². The van der Waals surface area contributed by atoms with Gasteiger partial charge < -0.3 is 10.1 Å². The average molecular weight is 245 g/mol. The van der Waals surface area contributed by atoms with Crippen LogP contribution in [-0.2, 0) is 4.74 Å². The highest BCUT2D eigenvalue weighted by atomic mass is 16.5. The van der Waals surface area contributed by atoms with Gasteiger partial charge in [-0.25, -0.2) is 9.80 Å². The van der Waals surface area contributed by atoms with Crippen LogP contribution in [0.4, 0.5) is 10.5 Å². The van der Waals surface area contributed by atoms with E-state index in [0.29, 0.717) is 19.9 Å². The Morgan fingerprint density at radius 1 is 1.33 bits per heavy atom. The van der Waals surface area contributed by atoms with E-state index in [0.717, 1.165) is 5.69 Å². The first-order chi connectivity index (χ1) is 8.84. The Hall–Kier alpha value is -1.85. The number of rotatable bonds is 1. The van der Waals surface area contributed by atoms with Crippen molar-refractivity contribution in [2.24, 2.45) is 0 Å². The largest absolute Gasteiger partial charge is 0.362 e. The number of nitrogens with one attached hydrogen (secondary N) is 1. The minimum atomic E-state index is -0.112. The number of urea groups is 1. The van der Waals surface area contributed by atoms with E-state index in [2.05, 4.69) is 11.4 Å². The molecule has 0 aromatic heterocycles. The quantitative estimate of drug-likeness (QED) is 0.765. The van der Waals surface area contributed by atoms with Crippen LogP contribution >= 0.6 is 0 Å². The summed E-state index contributed by atoms with van der Waals surface area (Å²) in [5.74, 6) is 0. The van der Waals surface area contributed by atoms with Crippen molar-refractivity contribution in [1.29, 1.82) is 0 Å². The van der Waals surface area contributed by atoms with Gasteiger partial charge in [0.05, 0.1) is 12.6 Å². The van der Waals surface area contributed by atoms with E-state index >= 15 is 0 Å². The Bertz CT molecular complexity index is 461. The highest BCUT2D eigenvalue weighted by Crippen LogP contribution is 2.19. The van der Waals surface area contributed by atoms with E-state index in [4.69, 9.17) is 4.74 Å². The first-order valence-corrected chi connectivity index (χ1v) is 5.99. The topological polar surface area (TPSA) is 44.8 Å². The summed E-state index contributed by atoms with van der Waals surface area (Å²) in [4.78, 5) is 12.3. The van der Waals surface area contributed by atoms with Gasteiger partial charge in [0, 0.05) is 12.2 Å². The van der Waals surface area contributed by atoms with Crippen LogP contribution in [0.2, 0.25) is 0 Å². The summed E-state index contributed by atoms with van der Waals surface area (Å²) in [5.41, 5.74) is 0.803. The lowest BCUT2D eigenvalue weighted by Crippen LogP contribution is -2.60. The van der Waals surface area contributed by atoms with Crippen molar-refractivity contribution in [2.75, 3.05) is 25.2 Å². The number of benzene rings is 1. The van der Waals surface area contributed by atoms with Crippen LogP contribution in [0.3, 0.4) is 0 Å². The average Bonchev–Trinajstić information content (AvgIpc) is 2.39. The molecule has 1 unspecified atom stereocenters. The predicted octanol–water partition coefficient (Wildman–Crippen LogP) is 1.66. The summed E-state index contributed by atoms with van der Waals surface area (Å²) in [6.07, 6.45) is 4.08. The number of hydrogen-bond donors (Lipinski definition) is 1. The van der Waals surface area contributed by atoms with Crippen LogP contribution in [0, 0.1) is 0 Å². The lowest BCUT2D eigenvalue weighted by molar-refractivity contribution is -0.146. The van der Waals surface area contributed by atoms with Gasteiger partial charge in [-0.1, -0.05) is 30.4 Å². The molecule has 2 bridgehead atoms. The van der Waals surface area contributed by atoms with Gasteiger partial charge in [0.2, 0.25) is 0 Å². The van der Waals surface area contributed by atoms with Gasteiger partial charge in [-0.3, -0.25) is 0 Å². The standard InChI is InChI=1S/C13H15N3O2/c17-13(14-11-5-2-1-3-6-11)16-12-7-4-8-15(16)10-18-9-12/h1-7,12H,8-10H2,(H,14,17)/t12-/m1/s1. The lowest BCUT2D eigenvalue weighted by atomic mass is 10.2. The second-order valence-electron chi connectivity index (χ2n) is 4.33. The molecule has 2 aliphatic rings. The van der Waals surface area contributed by atoms with Crippen LogP contribution < -0.4 is 5.32 Å². The zero-order valence-corrected chi connectivity index (χ0v) is 9.95. The molecule has 2 amide bonds. The van der Waals surface area contributed by atoms with E-state index in [1.165, 1.54) is 0 Å². The monoisotopic (exact) mass is 245 g/mol. The van der Waals surface area contributed by atoms with E-state index in [1.807, 2.05) is 41.4 Å². The second kappa shape index (κ2) is 4.80. The molecule has 0 saturated carbocycles. The molecule has 5 heteroatoms. The molecule has 18 heavy (non-hydrogen) atoms. The summed E-state index contributed by atoms with van der Waals surface area (Å²) >= 11 is 0. The van der Waals surface area contributed by atoms with Crippen LogP contribution in [0.25, 0.3) is 0 Å². The Labute approximate surface area is 106 Å². The molecular weight excluding hydrogens is 230 g/mol. The maximum atomic E-state index is 12.3. The van der Waals surface area contributed by atoms with Gasteiger partial charge in [0.15, 0.2) is 0 Å². The third-order valence-electron chi connectivity index (χ3n) is 3.06. The Balaban J connectivity index is 1.74. The molecule has 0 radical (unpaired) electrons. The van der Waals surface area contributed by atoms with Gasteiger partial charge in [0.1, 0.15) is 6.73 Å². The van der Waals surface area contributed by atoms with Crippen molar-refractivity contribution in [1.82, 2.24) is 10.0 Å². The zero-order valence-electron chi connectivity index (χ0n) is 9.95. The number of carbonyl (C=O) groups excluding carboxylic acids is 1. The molecule has 0 aliphatic carbocycles. The molecule has 1 N–H and O–H groups in total. The second-order valence-corrected chi connectivity index (χ2v) is 4.33. The third-order valence-corrected chi connectivity index (χ3v) is 3.06. The maximum Gasteiger partial charge on any atom is 0.337 e. The van der Waals surface area contributed by atoms with Gasteiger partial charge in [-0.05, 0) is 12.1 Å². The number of carbonyl (C=O) groups is 1. The fraction of sp³-hybridized carbons (Fsp3) is 0.308. The van der Waals surface area contributed by atoms with Crippen molar-refractivity contribution in [3.8, 4) is 0 Å². The van der Waals surface area contributed by atoms with Crippen LogP contribution in [0.15, 0.2) is 42.5 Å². The van der Waals surface area contributed by atoms with Crippen molar-refractivity contribution >= 4 is 11.7 Å². The SMILES string of the molecule is O=C(Nc1ccccc1)N1[C@@H]2C=CCN1COC2. The molecule has 1 saturated heterocycles. The maximum absolute atomic E-state index is 12.3. The number of anilines is 1. The van der Waals surface area contributed by atoms with Crippen molar-refractivity contribution in [3.05, 3.63) is 42.5 Å². The molecule has 2 heterocycles. The Kier molecular flexibility index (Phi) is 3.00. The Morgan fingerprint density at radius 3 is 2.94 bits per heavy atom. The number of fused-ring (bicyclic) bond motifs is 2. The van der Waals surface area contributed by atoms with Gasteiger partial charge in [0.25, 0.3) is 0 Å². The molecule has 1 aromatic rings. The fourth-order valence-electron chi connectivity index (χ4n) is 2.22. The summed E-state index contributed by atoms with van der Waals surface area (Å²) < 4.78 is 5.42. The molecular formula is C13H15N3O2. The minimum Gasteiger partial charge on any atom is -0.362 e. The number of para-hydroxylation sites is 1. The van der Waals surface area contributed by atoms with Gasteiger partial charge >= 0.3 is 6.03 Å². The van der Waals surface area contributed by atoms with E-state index in [1.54, 1.807) is 5.01 Å². The first kappa shape index (κ1) is 11.3.